The van der Waals surface area contributed by atoms with E-state index in [1.165, 1.54) is 38.5 Å². The first-order valence-electron chi connectivity index (χ1n) is 9.56. The first kappa shape index (κ1) is 15.3. The van der Waals surface area contributed by atoms with Gasteiger partial charge in [-0.05, 0) is 56.8 Å². The fraction of sp³-hybridized carbons (Fsp3) is 0.889. The zero-order valence-corrected chi connectivity index (χ0v) is 13.9. The van der Waals surface area contributed by atoms with Crippen LogP contribution in [0.3, 0.4) is 0 Å². The van der Waals surface area contributed by atoms with Crippen LogP contribution in [0.4, 0.5) is 4.79 Å². The normalized spacial score (nSPS) is 28.4. The third kappa shape index (κ3) is 3.33. The summed E-state index contributed by atoms with van der Waals surface area (Å²) < 4.78 is 0. The van der Waals surface area contributed by atoms with Gasteiger partial charge in [0.25, 0.3) is 0 Å². The van der Waals surface area contributed by atoms with Gasteiger partial charge in [0.2, 0.25) is 5.91 Å². The van der Waals surface area contributed by atoms with Crippen molar-refractivity contribution in [1.82, 2.24) is 15.5 Å². The van der Waals surface area contributed by atoms with Crippen LogP contribution < -0.4 is 10.6 Å². The highest BCUT2D eigenvalue weighted by molar-refractivity contribution is 5.80. The lowest BCUT2D eigenvalue weighted by Crippen LogP contribution is -2.47. The van der Waals surface area contributed by atoms with E-state index in [9.17, 15) is 9.59 Å². The van der Waals surface area contributed by atoms with Gasteiger partial charge in [0.05, 0.1) is 0 Å². The molecule has 4 aliphatic rings. The molecule has 1 heterocycles. The summed E-state index contributed by atoms with van der Waals surface area (Å²) in [5, 5.41) is 6.01. The van der Waals surface area contributed by atoms with Gasteiger partial charge in [-0.2, -0.15) is 0 Å². The summed E-state index contributed by atoms with van der Waals surface area (Å²) in [5.74, 6) is 1.93. The van der Waals surface area contributed by atoms with Crippen LogP contribution in [0.25, 0.3) is 0 Å². The second-order valence-corrected chi connectivity index (χ2v) is 8.07. The van der Waals surface area contributed by atoms with E-state index in [2.05, 4.69) is 10.6 Å². The second-order valence-electron chi connectivity index (χ2n) is 8.07. The summed E-state index contributed by atoms with van der Waals surface area (Å²) >= 11 is 0. The number of carbonyl (C=O) groups excluding carboxylic acids is 2. The zero-order chi connectivity index (χ0) is 15.8. The van der Waals surface area contributed by atoms with Gasteiger partial charge in [0.1, 0.15) is 0 Å². The topological polar surface area (TPSA) is 61.4 Å². The molecule has 5 nitrogen and oxygen atoms in total. The van der Waals surface area contributed by atoms with Crippen LogP contribution in [0, 0.1) is 17.8 Å². The number of amides is 3. The zero-order valence-electron chi connectivity index (χ0n) is 13.9. The van der Waals surface area contributed by atoms with Crippen LogP contribution in [0.5, 0.6) is 0 Å². The number of carbonyl (C=O) groups is 2. The molecule has 0 aromatic rings. The largest absolute Gasteiger partial charge is 0.340 e. The highest BCUT2D eigenvalue weighted by atomic mass is 16.2. The van der Waals surface area contributed by atoms with Crippen molar-refractivity contribution in [3.63, 3.8) is 0 Å². The Balaban J connectivity index is 1.30. The molecule has 3 aliphatic carbocycles. The van der Waals surface area contributed by atoms with Crippen molar-refractivity contribution >= 4 is 11.9 Å². The molecule has 1 aliphatic heterocycles. The summed E-state index contributed by atoms with van der Waals surface area (Å²) in [5.41, 5.74) is 0. The molecule has 0 aromatic carbocycles. The Labute approximate surface area is 138 Å². The van der Waals surface area contributed by atoms with Crippen LogP contribution in [0.1, 0.15) is 57.8 Å². The summed E-state index contributed by atoms with van der Waals surface area (Å²) in [6, 6.07) is 0.457. The van der Waals surface area contributed by atoms with Gasteiger partial charge in [0, 0.05) is 31.1 Å². The third-order valence-electron chi connectivity index (χ3n) is 6.35. The SMILES string of the molecule is O=C(NC1CC1)N[C@H]1CCN(C(=O)C(C2CCC2)C2CCC2)C1. The molecule has 4 fully saturated rings. The van der Waals surface area contributed by atoms with Crippen molar-refractivity contribution in [3.8, 4) is 0 Å². The molecule has 3 saturated carbocycles. The van der Waals surface area contributed by atoms with Crippen molar-refractivity contribution < 1.29 is 9.59 Å². The number of likely N-dealkylation sites (tertiary alicyclic amines) is 1. The van der Waals surface area contributed by atoms with Gasteiger partial charge in [-0.1, -0.05) is 12.8 Å². The second kappa shape index (κ2) is 6.33. The quantitative estimate of drug-likeness (QED) is 0.816. The lowest BCUT2D eigenvalue weighted by atomic mass is 9.64. The Kier molecular flexibility index (Phi) is 4.20. The molecule has 0 spiro atoms. The van der Waals surface area contributed by atoms with E-state index in [-0.39, 0.29) is 18.0 Å². The van der Waals surface area contributed by atoms with E-state index in [0.29, 0.717) is 30.3 Å². The third-order valence-corrected chi connectivity index (χ3v) is 6.35. The predicted octanol–water partition coefficient (Wildman–Crippen LogP) is 2.27. The van der Waals surface area contributed by atoms with Crippen molar-refractivity contribution in [2.75, 3.05) is 13.1 Å². The monoisotopic (exact) mass is 319 g/mol. The fourth-order valence-electron chi connectivity index (χ4n) is 4.32. The molecule has 0 bridgehead atoms. The average molecular weight is 319 g/mol. The molecule has 5 heteroatoms. The van der Waals surface area contributed by atoms with Gasteiger partial charge in [-0.15, -0.1) is 0 Å². The first-order valence-corrected chi connectivity index (χ1v) is 9.56. The lowest BCUT2D eigenvalue weighted by molar-refractivity contribution is -0.141. The Hall–Kier alpha value is -1.26. The summed E-state index contributed by atoms with van der Waals surface area (Å²) in [6.07, 6.45) is 10.7. The Morgan fingerprint density at radius 2 is 1.43 bits per heavy atom. The van der Waals surface area contributed by atoms with Gasteiger partial charge in [-0.3, -0.25) is 4.79 Å². The molecule has 0 aromatic heterocycles. The predicted molar refractivity (Wildman–Crippen MR) is 87.8 cm³/mol. The number of hydrogen-bond donors (Lipinski definition) is 2. The van der Waals surface area contributed by atoms with E-state index < -0.39 is 0 Å². The maximum absolute atomic E-state index is 13.0. The molecule has 1 atom stereocenters. The van der Waals surface area contributed by atoms with Crippen molar-refractivity contribution in [2.45, 2.75) is 69.9 Å². The Morgan fingerprint density at radius 3 is 1.96 bits per heavy atom. The molecular formula is C18H29N3O2. The minimum absolute atomic E-state index is 0.0543. The van der Waals surface area contributed by atoms with Crippen LogP contribution >= 0.6 is 0 Å². The Bertz CT molecular complexity index is 455. The van der Waals surface area contributed by atoms with Crippen molar-refractivity contribution in [2.24, 2.45) is 17.8 Å². The van der Waals surface area contributed by atoms with Gasteiger partial charge < -0.3 is 15.5 Å². The smallest absolute Gasteiger partial charge is 0.315 e. The number of hydrogen-bond acceptors (Lipinski definition) is 2. The van der Waals surface area contributed by atoms with E-state index in [1.54, 1.807) is 0 Å². The average Bonchev–Trinajstić information content (AvgIpc) is 3.09. The van der Waals surface area contributed by atoms with E-state index in [4.69, 9.17) is 0 Å². The number of nitrogens with one attached hydrogen (secondary N) is 2. The maximum atomic E-state index is 13.0. The van der Waals surface area contributed by atoms with E-state index in [1.807, 2.05) is 4.90 Å². The molecular weight excluding hydrogens is 290 g/mol. The molecule has 0 radical (unpaired) electrons. The molecule has 0 unspecified atom stereocenters. The van der Waals surface area contributed by atoms with Crippen molar-refractivity contribution in [3.05, 3.63) is 0 Å². The fourth-order valence-corrected chi connectivity index (χ4v) is 4.32. The standard InChI is InChI=1S/C18H29N3O2/c22-17(16(12-3-1-4-12)13-5-2-6-13)21-10-9-15(11-21)20-18(23)19-14-7-8-14/h12-16H,1-11H2,(H2,19,20,23)/t15-/m0/s1. The molecule has 2 N–H and O–H groups in total. The van der Waals surface area contributed by atoms with Crippen LogP contribution in [-0.2, 0) is 4.79 Å². The number of nitrogens with zero attached hydrogens (tertiary/aromatic N) is 1. The molecule has 23 heavy (non-hydrogen) atoms. The van der Waals surface area contributed by atoms with Gasteiger partial charge in [0.15, 0.2) is 0 Å². The van der Waals surface area contributed by atoms with Crippen molar-refractivity contribution in [1.29, 1.82) is 0 Å². The maximum Gasteiger partial charge on any atom is 0.315 e. The molecule has 1 saturated heterocycles. The molecule has 128 valence electrons. The van der Waals surface area contributed by atoms with E-state index >= 15 is 0 Å². The van der Waals surface area contributed by atoms with Crippen LogP contribution in [-0.4, -0.2) is 42.0 Å². The molecule has 3 amide bonds. The van der Waals surface area contributed by atoms with Crippen LogP contribution in [0.2, 0.25) is 0 Å². The van der Waals surface area contributed by atoms with Crippen LogP contribution in [0.15, 0.2) is 0 Å². The summed E-state index contributed by atoms with van der Waals surface area (Å²) in [4.78, 5) is 26.9. The minimum Gasteiger partial charge on any atom is -0.340 e. The Morgan fingerprint density at radius 1 is 0.826 bits per heavy atom. The highest BCUT2D eigenvalue weighted by Gasteiger charge is 2.43. The summed E-state index contributed by atoms with van der Waals surface area (Å²) in [6.45, 7) is 1.51. The minimum atomic E-state index is -0.0543. The van der Waals surface area contributed by atoms with E-state index in [0.717, 1.165) is 25.8 Å². The lowest BCUT2D eigenvalue weighted by Gasteiger charge is -2.43. The number of urea groups is 1. The van der Waals surface area contributed by atoms with Gasteiger partial charge in [-0.25, -0.2) is 4.79 Å². The molecule has 4 rings (SSSR count). The number of rotatable bonds is 5. The van der Waals surface area contributed by atoms with Gasteiger partial charge >= 0.3 is 6.03 Å². The summed E-state index contributed by atoms with van der Waals surface area (Å²) in [7, 11) is 0. The first-order chi connectivity index (χ1) is 11.2. The highest BCUT2D eigenvalue weighted by Crippen LogP contribution is 2.45.